The Morgan fingerprint density at radius 2 is 1.95 bits per heavy atom. The van der Waals surface area contributed by atoms with Crippen molar-refractivity contribution in [3.63, 3.8) is 0 Å². The standard InChI is InChI=1S/C16H21N5O/c1-11-5-7-13(8-6-11)15-18-14(19-20-15)12(2)17-16(22)21-9-3-4-10-21/h5-8,12H,3-4,9-10H2,1-2H3,(H,17,22)(H,18,19,20). The van der Waals surface area contributed by atoms with Gasteiger partial charge in [0.2, 0.25) is 0 Å². The molecule has 1 fully saturated rings. The third-order valence-corrected chi connectivity index (χ3v) is 3.96. The number of aryl methyl sites for hydroxylation is 1. The summed E-state index contributed by atoms with van der Waals surface area (Å²) in [5.41, 5.74) is 2.16. The lowest BCUT2D eigenvalue weighted by Crippen LogP contribution is -2.39. The number of H-pyrrole nitrogens is 1. The van der Waals surface area contributed by atoms with E-state index in [0.29, 0.717) is 11.6 Å². The lowest BCUT2D eigenvalue weighted by molar-refractivity contribution is 0.205. The van der Waals surface area contributed by atoms with Crippen LogP contribution in [0, 0.1) is 6.92 Å². The topological polar surface area (TPSA) is 73.9 Å². The molecule has 0 bridgehead atoms. The number of aromatic nitrogens is 3. The molecule has 0 aliphatic carbocycles. The first-order valence-electron chi connectivity index (χ1n) is 7.68. The van der Waals surface area contributed by atoms with Crippen molar-refractivity contribution >= 4 is 6.03 Å². The number of aromatic amines is 1. The van der Waals surface area contributed by atoms with Gasteiger partial charge in [-0.2, -0.15) is 5.10 Å². The van der Waals surface area contributed by atoms with Gasteiger partial charge in [-0.25, -0.2) is 9.78 Å². The summed E-state index contributed by atoms with van der Waals surface area (Å²) in [5, 5.41) is 10.1. The van der Waals surface area contributed by atoms with E-state index in [0.717, 1.165) is 31.5 Å². The second-order valence-corrected chi connectivity index (χ2v) is 5.78. The number of nitrogens with one attached hydrogen (secondary N) is 2. The zero-order chi connectivity index (χ0) is 15.5. The van der Waals surface area contributed by atoms with E-state index in [1.54, 1.807) is 0 Å². The Morgan fingerprint density at radius 3 is 2.64 bits per heavy atom. The summed E-state index contributed by atoms with van der Waals surface area (Å²) in [7, 11) is 0. The van der Waals surface area contributed by atoms with Crippen molar-refractivity contribution in [3.8, 4) is 11.4 Å². The van der Waals surface area contributed by atoms with Crippen LogP contribution in [0.15, 0.2) is 24.3 Å². The molecule has 1 aromatic heterocycles. The summed E-state index contributed by atoms with van der Waals surface area (Å²) in [6.45, 7) is 5.63. The summed E-state index contributed by atoms with van der Waals surface area (Å²) in [6.07, 6.45) is 2.17. The highest BCUT2D eigenvalue weighted by molar-refractivity contribution is 5.74. The summed E-state index contributed by atoms with van der Waals surface area (Å²) in [5.74, 6) is 1.32. The molecule has 3 rings (SSSR count). The molecule has 6 nitrogen and oxygen atoms in total. The normalized spacial score (nSPS) is 15.8. The molecule has 0 saturated carbocycles. The van der Waals surface area contributed by atoms with E-state index in [1.165, 1.54) is 5.56 Å². The number of carbonyl (C=O) groups excluding carboxylic acids is 1. The predicted molar refractivity (Wildman–Crippen MR) is 84.3 cm³/mol. The number of nitrogens with zero attached hydrogens (tertiary/aromatic N) is 3. The maximum atomic E-state index is 12.1. The van der Waals surface area contributed by atoms with E-state index in [9.17, 15) is 4.79 Å². The molecule has 1 aromatic carbocycles. The minimum absolute atomic E-state index is 0.0294. The Bertz CT molecular complexity index is 643. The van der Waals surface area contributed by atoms with E-state index in [1.807, 2.05) is 43.0 Å². The van der Waals surface area contributed by atoms with Gasteiger partial charge in [0.05, 0.1) is 6.04 Å². The fraction of sp³-hybridized carbons (Fsp3) is 0.438. The number of likely N-dealkylation sites (tertiary alicyclic amines) is 1. The molecular weight excluding hydrogens is 278 g/mol. The maximum absolute atomic E-state index is 12.1. The minimum Gasteiger partial charge on any atom is -0.328 e. The molecule has 1 atom stereocenters. The monoisotopic (exact) mass is 299 g/mol. The Kier molecular flexibility index (Phi) is 4.09. The zero-order valence-corrected chi connectivity index (χ0v) is 13.0. The smallest absolute Gasteiger partial charge is 0.317 e. The lowest BCUT2D eigenvalue weighted by atomic mass is 10.1. The van der Waals surface area contributed by atoms with Crippen LogP contribution >= 0.6 is 0 Å². The first-order valence-corrected chi connectivity index (χ1v) is 7.68. The maximum Gasteiger partial charge on any atom is 0.317 e. The summed E-state index contributed by atoms with van der Waals surface area (Å²) in [6, 6.07) is 7.83. The van der Waals surface area contributed by atoms with Gasteiger partial charge in [-0.1, -0.05) is 29.8 Å². The summed E-state index contributed by atoms with van der Waals surface area (Å²) in [4.78, 5) is 18.4. The average molecular weight is 299 g/mol. The van der Waals surface area contributed by atoms with Crippen molar-refractivity contribution in [3.05, 3.63) is 35.7 Å². The van der Waals surface area contributed by atoms with E-state index in [-0.39, 0.29) is 12.1 Å². The molecular formula is C16H21N5O. The molecule has 22 heavy (non-hydrogen) atoms. The molecule has 2 heterocycles. The second-order valence-electron chi connectivity index (χ2n) is 5.78. The largest absolute Gasteiger partial charge is 0.328 e. The van der Waals surface area contributed by atoms with Gasteiger partial charge >= 0.3 is 6.03 Å². The van der Waals surface area contributed by atoms with Crippen LogP contribution in [0.3, 0.4) is 0 Å². The average Bonchev–Trinajstić information content (AvgIpc) is 3.20. The number of hydrogen-bond donors (Lipinski definition) is 2. The van der Waals surface area contributed by atoms with E-state index in [4.69, 9.17) is 0 Å². The number of hydrogen-bond acceptors (Lipinski definition) is 3. The first-order chi connectivity index (χ1) is 10.6. The molecule has 1 saturated heterocycles. The molecule has 0 spiro atoms. The van der Waals surface area contributed by atoms with Crippen LogP contribution in [0.5, 0.6) is 0 Å². The van der Waals surface area contributed by atoms with Gasteiger partial charge in [-0.05, 0) is 26.7 Å². The molecule has 6 heteroatoms. The van der Waals surface area contributed by atoms with Crippen molar-refractivity contribution in [2.24, 2.45) is 0 Å². The molecule has 1 aliphatic heterocycles. The molecule has 116 valence electrons. The van der Waals surface area contributed by atoms with Crippen molar-refractivity contribution in [1.29, 1.82) is 0 Å². The Hall–Kier alpha value is -2.37. The third kappa shape index (κ3) is 3.10. The van der Waals surface area contributed by atoms with Crippen LogP contribution in [-0.2, 0) is 0 Å². The lowest BCUT2D eigenvalue weighted by Gasteiger charge is -2.19. The van der Waals surface area contributed by atoms with E-state index in [2.05, 4.69) is 20.5 Å². The van der Waals surface area contributed by atoms with Crippen LogP contribution in [0.1, 0.15) is 37.2 Å². The number of rotatable bonds is 3. The number of benzene rings is 1. The van der Waals surface area contributed by atoms with Crippen molar-refractivity contribution in [1.82, 2.24) is 25.4 Å². The van der Waals surface area contributed by atoms with Gasteiger partial charge in [0.15, 0.2) is 5.82 Å². The molecule has 2 aromatic rings. The number of carbonyl (C=O) groups is 1. The van der Waals surface area contributed by atoms with Crippen LogP contribution < -0.4 is 5.32 Å². The van der Waals surface area contributed by atoms with Gasteiger partial charge < -0.3 is 10.2 Å². The number of amides is 2. The quantitative estimate of drug-likeness (QED) is 0.915. The highest BCUT2D eigenvalue weighted by Crippen LogP contribution is 2.18. The highest BCUT2D eigenvalue weighted by atomic mass is 16.2. The fourth-order valence-electron chi connectivity index (χ4n) is 2.56. The molecule has 2 amide bonds. The molecule has 2 N–H and O–H groups in total. The minimum atomic E-state index is -0.195. The third-order valence-electron chi connectivity index (χ3n) is 3.96. The van der Waals surface area contributed by atoms with Gasteiger partial charge in [-0.15, -0.1) is 0 Å². The van der Waals surface area contributed by atoms with Crippen molar-refractivity contribution < 1.29 is 4.79 Å². The van der Waals surface area contributed by atoms with E-state index >= 15 is 0 Å². The highest BCUT2D eigenvalue weighted by Gasteiger charge is 2.21. The second kappa shape index (κ2) is 6.17. The summed E-state index contributed by atoms with van der Waals surface area (Å²) < 4.78 is 0. The van der Waals surface area contributed by atoms with E-state index < -0.39 is 0 Å². The van der Waals surface area contributed by atoms with Gasteiger partial charge in [0, 0.05) is 18.7 Å². The molecule has 0 radical (unpaired) electrons. The molecule has 1 unspecified atom stereocenters. The molecule has 1 aliphatic rings. The van der Waals surface area contributed by atoms with Crippen molar-refractivity contribution in [2.45, 2.75) is 32.7 Å². The van der Waals surface area contributed by atoms with Gasteiger partial charge in [0.25, 0.3) is 0 Å². The van der Waals surface area contributed by atoms with Crippen LogP contribution in [0.25, 0.3) is 11.4 Å². The van der Waals surface area contributed by atoms with Crippen LogP contribution in [-0.4, -0.2) is 39.2 Å². The Balaban J connectivity index is 1.67. The first kappa shape index (κ1) is 14.6. The van der Waals surface area contributed by atoms with Crippen molar-refractivity contribution in [2.75, 3.05) is 13.1 Å². The van der Waals surface area contributed by atoms with Crippen LogP contribution in [0.2, 0.25) is 0 Å². The van der Waals surface area contributed by atoms with Gasteiger partial charge in [-0.3, -0.25) is 5.10 Å². The Morgan fingerprint density at radius 1 is 1.27 bits per heavy atom. The number of urea groups is 1. The van der Waals surface area contributed by atoms with Crippen LogP contribution in [0.4, 0.5) is 4.79 Å². The SMILES string of the molecule is Cc1ccc(-c2n[nH]c(C(C)NC(=O)N3CCCC3)n2)cc1. The summed E-state index contributed by atoms with van der Waals surface area (Å²) >= 11 is 0. The zero-order valence-electron chi connectivity index (χ0n) is 13.0. The van der Waals surface area contributed by atoms with Gasteiger partial charge in [0.1, 0.15) is 5.82 Å². The Labute approximate surface area is 129 Å². The fourth-order valence-corrected chi connectivity index (χ4v) is 2.56. The predicted octanol–water partition coefficient (Wildman–Crippen LogP) is 2.65.